The fourth-order valence-corrected chi connectivity index (χ4v) is 1.73. The Labute approximate surface area is 97.4 Å². The third-order valence-corrected chi connectivity index (χ3v) is 2.58. The Hall–Kier alpha value is -1.65. The van der Waals surface area contributed by atoms with Gasteiger partial charge in [-0.25, -0.2) is 5.84 Å². The van der Waals surface area contributed by atoms with Crippen molar-refractivity contribution in [1.29, 1.82) is 0 Å². The number of hydrazine groups is 1. The molecule has 16 heavy (non-hydrogen) atoms. The number of fused-ring (bicyclic) bond motifs is 1. The fraction of sp³-hybridized carbons (Fsp3) is 0.0909. The molecule has 0 saturated heterocycles. The highest BCUT2D eigenvalue weighted by Gasteiger charge is 2.10. The minimum Gasteiger partial charge on any atom is -0.290 e. The quantitative estimate of drug-likeness (QED) is 0.450. The zero-order valence-corrected chi connectivity index (χ0v) is 9.38. The van der Waals surface area contributed by atoms with E-state index in [-0.39, 0.29) is 5.91 Å². The Balaban J connectivity index is 2.68. The monoisotopic (exact) mass is 235 g/mol. The van der Waals surface area contributed by atoms with E-state index in [0.717, 1.165) is 10.9 Å². The second kappa shape index (κ2) is 4.08. The predicted molar refractivity (Wildman–Crippen MR) is 63.1 cm³/mol. The van der Waals surface area contributed by atoms with Crippen molar-refractivity contribution in [2.24, 2.45) is 5.84 Å². The molecule has 0 atom stereocenters. The van der Waals surface area contributed by atoms with E-state index in [9.17, 15) is 4.79 Å². The Morgan fingerprint density at radius 2 is 2.19 bits per heavy atom. The lowest BCUT2D eigenvalue weighted by Crippen LogP contribution is -2.30. The summed E-state index contributed by atoms with van der Waals surface area (Å²) in [5.74, 6) is 4.74. The van der Waals surface area contributed by atoms with Gasteiger partial charge in [0.25, 0.3) is 5.91 Å². The van der Waals surface area contributed by atoms with Crippen LogP contribution in [0.3, 0.4) is 0 Å². The van der Waals surface area contributed by atoms with E-state index < -0.39 is 0 Å². The van der Waals surface area contributed by atoms with Gasteiger partial charge in [0.1, 0.15) is 0 Å². The number of carbonyl (C=O) groups excluding carboxylic acids is 1. The number of aryl methyl sites for hydroxylation is 1. The second-order valence-corrected chi connectivity index (χ2v) is 3.87. The van der Waals surface area contributed by atoms with Crippen LogP contribution in [-0.4, -0.2) is 10.9 Å². The van der Waals surface area contributed by atoms with Crippen molar-refractivity contribution < 1.29 is 4.79 Å². The van der Waals surface area contributed by atoms with E-state index in [1.165, 1.54) is 0 Å². The first-order valence-electron chi connectivity index (χ1n) is 4.69. The highest BCUT2D eigenvalue weighted by molar-refractivity contribution is 6.31. The van der Waals surface area contributed by atoms with Gasteiger partial charge in [0.2, 0.25) is 0 Å². The minimum absolute atomic E-state index is 0.355. The zero-order valence-electron chi connectivity index (χ0n) is 8.62. The number of rotatable bonds is 1. The molecule has 0 saturated carbocycles. The SMILES string of the molecule is Cc1nc2ccc(Cl)cc2cc1C(=O)NN. The van der Waals surface area contributed by atoms with Crippen LogP contribution in [0, 0.1) is 6.92 Å². The lowest BCUT2D eigenvalue weighted by Gasteiger charge is -2.06. The summed E-state index contributed by atoms with van der Waals surface area (Å²) in [6.45, 7) is 1.76. The second-order valence-electron chi connectivity index (χ2n) is 3.43. The van der Waals surface area contributed by atoms with Gasteiger partial charge in [-0.05, 0) is 31.2 Å². The van der Waals surface area contributed by atoms with E-state index in [2.05, 4.69) is 10.4 Å². The molecule has 0 spiro atoms. The van der Waals surface area contributed by atoms with E-state index in [0.29, 0.717) is 16.3 Å². The maximum absolute atomic E-state index is 11.5. The summed E-state index contributed by atoms with van der Waals surface area (Å²) in [4.78, 5) is 15.8. The van der Waals surface area contributed by atoms with Crippen LogP contribution in [0.2, 0.25) is 5.02 Å². The topological polar surface area (TPSA) is 68.0 Å². The molecule has 1 heterocycles. The Morgan fingerprint density at radius 3 is 2.88 bits per heavy atom. The van der Waals surface area contributed by atoms with Gasteiger partial charge in [0.05, 0.1) is 16.8 Å². The molecule has 0 aliphatic rings. The Kier molecular flexibility index (Phi) is 2.77. The van der Waals surface area contributed by atoms with Gasteiger partial charge in [-0.2, -0.15) is 0 Å². The molecule has 0 fully saturated rings. The number of pyridine rings is 1. The first kappa shape index (κ1) is 10.9. The zero-order chi connectivity index (χ0) is 11.7. The van der Waals surface area contributed by atoms with Crippen molar-refractivity contribution in [2.75, 3.05) is 0 Å². The number of nitrogens with zero attached hydrogens (tertiary/aromatic N) is 1. The molecule has 1 aromatic heterocycles. The third-order valence-electron chi connectivity index (χ3n) is 2.34. The fourth-order valence-electron chi connectivity index (χ4n) is 1.55. The molecular formula is C11H10ClN3O. The standard InChI is InChI=1S/C11H10ClN3O/c1-6-9(11(16)15-13)5-7-4-8(12)2-3-10(7)14-6/h2-5H,13H2,1H3,(H,15,16). The van der Waals surface area contributed by atoms with E-state index in [1.807, 2.05) is 6.07 Å². The molecular weight excluding hydrogens is 226 g/mol. The largest absolute Gasteiger partial charge is 0.290 e. The number of carbonyl (C=O) groups is 1. The van der Waals surface area contributed by atoms with Gasteiger partial charge in [-0.1, -0.05) is 11.6 Å². The average molecular weight is 236 g/mol. The lowest BCUT2D eigenvalue weighted by atomic mass is 10.1. The number of hydrogen-bond donors (Lipinski definition) is 2. The first-order chi connectivity index (χ1) is 7.61. The molecule has 1 aromatic carbocycles. The molecule has 0 bridgehead atoms. The van der Waals surface area contributed by atoms with Crippen LogP contribution in [0.1, 0.15) is 16.1 Å². The Bertz CT molecular complexity index is 568. The third kappa shape index (κ3) is 1.85. The number of amides is 1. The number of nitrogens with two attached hydrogens (primary N) is 1. The first-order valence-corrected chi connectivity index (χ1v) is 5.07. The van der Waals surface area contributed by atoms with Crippen molar-refractivity contribution >= 4 is 28.4 Å². The van der Waals surface area contributed by atoms with E-state index in [1.54, 1.807) is 25.1 Å². The summed E-state index contributed by atoms with van der Waals surface area (Å²) < 4.78 is 0. The number of benzene rings is 1. The smallest absolute Gasteiger partial charge is 0.267 e. The lowest BCUT2D eigenvalue weighted by molar-refractivity contribution is 0.0953. The Morgan fingerprint density at radius 1 is 1.44 bits per heavy atom. The highest BCUT2D eigenvalue weighted by Crippen LogP contribution is 2.20. The molecule has 0 aliphatic carbocycles. The van der Waals surface area contributed by atoms with Crippen LogP contribution in [0.15, 0.2) is 24.3 Å². The van der Waals surface area contributed by atoms with Crippen LogP contribution >= 0.6 is 11.6 Å². The highest BCUT2D eigenvalue weighted by atomic mass is 35.5. The molecule has 0 radical (unpaired) electrons. The van der Waals surface area contributed by atoms with Gasteiger partial charge < -0.3 is 0 Å². The number of halogens is 1. The van der Waals surface area contributed by atoms with Crippen molar-refractivity contribution in [3.05, 3.63) is 40.5 Å². The molecule has 4 nitrogen and oxygen atoms in total. The van der Waals surface area contributed by atoms with Crippen LogP contribution in [0.25, 0.3) is 10.9 Å². The normalized spacial score (nSPS) is 10.4. The van der Waals surface area contributed by atoms with Gasteiger partial charge in [-0.3, -0.25) is 15.2 Å². The van der Waals surface area contributed by atoms with Crippen LogP contribution < -0.4 is 11.3 Å². The molecule has 5 heteroatoms. The molecule has 82 valence electrons. The predicted octanol–water partition coefficient (Wildman–Crippen LogP) is 1.80. The number of nitrogen functional groups attached to an aromatic ring is 1. The van der Waals surface area contributed by atoms with Crippen LogP contribution in [-0.2, 0) is 0 Å². The number of hydrogen-bond acceptors (Lipinski definition) is 3. The summed E-state index contributed by atoms with van der Waals surface area (Å²) in [7, 11) is 0. The number of aromatic nitrogens is 1. The van der Waals surface area contributed by atoms with Crippen LogP contribution in [0.4, 0.5) is 0 Å². The molecule has 3 N–H and O–H groups in total. The molecule has 0 unspecified atom stereocenters. The van der Waals surface area contributed by atoms with Crippen molar-refractivity contribution in [2.45, 2.75) is 6.92 Å². The summed E-state index contributed by atoms with van der Waals surface area (Å²) >= 11 is 5.87. The summed E-state index contributed by atoms with van der Waals surface area (Å²) in [6.07, 6.45) is 0. The van der Waals surface area contributed by atoms with E-state index >= 15 is 0 Å². The van der Waals surface area contributed by atoms with Crippen molar-refractivity contribution in [3.8, 4) is 0 Å². The van der Waals surface area contributed by atoms with Crippen LogP contribution in [0.5, 0.6) is 0 Å². The average Bonchev–Trinajstić information content (AvgIpc) is 2.28. The van der Waals surface area contributed by atoms with Gasteiger partial charge in [0.15, 0.2) is 0 Å². The maximum Gasteiger partial charge on any atom is 0.267 e. The molecule has 2 rings (SSSR count). The summed E-state index contributed by atoms with van der Waals surface area (Å²) in [5.41, 5.74) is 3.98. The molecule has 2 aromatic rings. The molecule has 0 aliphatic heterocycles. The van der Waals surface area contributed by atoms with Gasteiger partial charge in [0, 0.05) is 10.4 Å². The van der Waals surface area contributed by atoms with Gasteiger partial charge in [-0.15, -0.1) is 0 Å². The van der Waals surface area contributed by atoms with Crippen molar-refractivity contribution in [3.63, 3.8) is 0 Å². The maximum atomic E-state index is 11.5. The summed E-state index contributed by atoms with van der Waals surface area (Å²) in [6, 6.07) is 7.07. The van der Waals surface area contributed by atoms with Gasteiger partial charge >= 0.3 is 0 Å². The minimum atomic E-state index is -0.355. The number of nitrogens with one attached hydrogen (secondary N) is 1. The molecule has 1 amide bonds. The van der Waals surface area contributed by atoms with E-state index in [4.69, 9.17) is 17.4 Å². The summed E-state index contributed by atoms with van der Waals surface area (Å²) in [5, 5.41) is 1.42. The van der Waals surface area contributed by atoms with Crippen molar-refractivity contribution in [1.82, 2.24) is 10.4 Å².